The molecule has 3 fully saturated rings. The Kier molecular flexibility index (Phi) is 4.55. The van der Waals surface area contributed by atoms with E-state index in [1.165, 1.54) is 18.9 Å². The molecule has 3 atom stereocenters. The summed E-state index contributed by atoms with van der Waals surface area (Å²) in [5.41, 5.74) is 0.738. The van der Waals surface area contributed by atoms with Crippen LogP contribution in [-0.2, 0) is 16.1 Å². The lowest BCUT2D eigenvalue weighted by molar-refractivity contribution is -0.144. The lowest BCUT2D eigenvalue weighted by Crippen LogP contribution is -2.48. The molecule has 2 saturated heterocycles. The molecule has 2 aliphatic heterocycles. The molecule has 1 aliphatic carbocycles. The van der Waals surface area contributed by atoms with Gasteiger partial charge in [0.1, 0.15) is 11.9 Å². The molecule has 0 bridgehead atoms. The van der Waals surface area contributed by atoms with E-state index in [1.54, 1.807) is 6.07 Å². The van der Waals surface area contributed by atoms with Gasteiger partial charge in [-0.15, -0.1) is 0 Å². The fraction of sp³-hybridized carbons (Fsp3) is 0.632. The van der Waals surface area contributed by atoms with Gasteiger partial charge in [-0.1, -0.05) is 18.2 Å². The number of benzene rings is 1. The zero-order valence-corrected chi connectivity index (χ0v) is 13.9. The fourth-order valence-corrected chi connectivity index (χ4v) is 3.93. The van der Waals surface area contributed by atoms with Crippen LogP contribution in [0, 0.1) is 11.7 Å². The molecule has 3 aliphatic rings. The Morgan fingerprint density at radius 2 is 2.04 bits per heavy atom. The molecular formula is C19H25FN2O2. The van der Waals surface area contributed by atoms with Gasteiger partial charge in [-0.25, -0.2) is 4.39 Å². The number of amides is 1. The molecule has 4 nitrogen and oxygen atoms in total. The molecule has 2 heterocycles. The molecule has 5 heteroatoms. The largest absolute Gasteiger partial charge is 0.363 e. The van der Waals surface area contributed by atoms with Crippen molar-refractivity contribution >= 4 is 5.91 Å². The van der Waals surface area contributed by atoms with Crippen molar-refractivity contribution in [2.45, 2.75) is 56.9 Å². The van der Waals surface area contributed by atoms with Gasteiger partial charge in [-0.3, -0.25) is 9.69 Å². The second-order valence-corrected chi connectivity index (χ2v) is 7.35. The summed E-state index contributed by atoms with van der Waals surface area (Å²) in [4.78, 5) is 14.5. The number of rotatable bonds is 5. The number of fused-ring (bicyclic) bond motifs is 1. The third-order valence-corrected chi connectivity index (χ3v) is 5.55. The van der Waals surface area contributed by atoms with Gasteiger partial charge < -0.3 is 10.1 Å². The Morgan fingerprint density at radius 3 is 2.83 bits per heavy atom. The van der Waals surface area contributed by atoms with Crippen LogP contribution in [0.15, 0.2) is 24.3 Å². The molecule has 24 heavy (non-hydrogen) atoms. The van der Waals surface area contributed by atoms with Gasteiger partial charge in [0, 0.05) is 31.2 Å². The minimum atomic E-state index is -0.307. The quantitative estimate of drug-likeness (QED) is 0.901. The zero-order valence-electron chi connectivity index (χ0n) is 13.9. The monoisotopic (exact) mass is 332 g/mol. The standard InChI is InChI=1S/C19H25FN2O2/c20-15-4-2-1-3-14(15)12-22-10-9-17-16(22)7-8-18(24-17)19(23)21-11-13-5-6-13/h1-4,13,16-18H,5-12H2,(H,21,23)/t16-,17-,18+/m1/s1. The number of hydrogen-bond acceptors (Lipinski definition) is 3. The second-order valence-electron chi connectivity index (χ2n) is 7.35. The average Bonchev–Trinajstić information content (AvgIpc) is 3.35. The van der Waals surface area contributed by atoms with E-state index in [9.17, 15) is 9.18 Å². The normalized spacial score (nSPS) is 30.1. The predicted molar refractivity (Wildman–Crippen MR) is 88.8 cm³/mol. The summed E-state index contributed by atoms with van der Waals surface area (Å²) in [6, 6.07) is 7.27. The minimum absolute atomic E-state index is 0.0490. The van der Waals surface area contributed by atoms with E-state index in [0.717, 1.165) is 37.9 Å². The van der Waals surface area contributed by atoms with Gasteiger partial charge >= 0.3 is 0 Å². The summed E-state index contributed by atoms with van der Waals surface area (Å²) in [7, 11) is 0. The van der Waals surface area contributed by atoms with Gasteiger partial charge in [0.05, 0.1) is 6.10 Å². The highest BCUT2D eigenvalue weighted by molar-refractivity contribution is 5.80. The molecule has 0 radical (unpaired) electrons. The van der Waals surface area contributed by atoms with Crippen molar-refractivity contribution in [3.63, 3.8) is 0 Å². The van der Waals surface area contributed by atoms with E-state index in [2.05, 4.69) is 10.2 Å². The Balaban J connectivity index is 1.32. The highest BCUT2D eigenvalue weighted by Gasteiger charge is 2.41. The number of nitrogens with zero attached hydrogens (tertiary/aromatic N) is 1. The van der Waals surface area contributed by atoms with Gasteiger partial charge in [-0.2, -0.15) is 0 Å². The predicted octanol–water partition coefficient (Wildman–Crippen LogP) is 2.47. The Labute approximate surface area is 142 Å². The molecule has 1 saturated carbocycles. The van der Waals surface area contributed by atoms with Gasteiger partial charge in [0.25, 0.3) is 0 Å². The first-order chi connectivity index (χ1) is 11.7. The summed E-state index contributed by atoms with van der Waals surface area (Å²) < 4.78 is 20.0. The third-order valence-electron chi connectivity index (χ3n) is 5.55. The zero-order chi connectivity index (χ0) is 16.5. The van der Waals surface area contributed by atoms with Crippen molar-refractivity contribution < 1.29 is 13.9 Å². The van der Waals surface area contributed by atoms with Crippen molar-refractivity contribution in [3.05, 3.63) is 35.6 Å². The van der Waals surface area contributed by atoms with Crippen molar-refractivity contribution in [2.75, 3.05) is 13.1 Å². The summed E-state index contributed by atoms with van der Waals surface area (Å²) in [6.45, 7) is 2.32. The van der Waals surface area contributed by atoms with Crippen molar-refractivity contribution in [1.29, 1.82) is 0 Å². The van der Waals surface area contributed by atoms with Crippen molar-refractivity contribution in [1.82, 2.24) is 10.2 Å². The van der Waals surface area contributed by atoms with Crippen LogP contribution < -0.4 is 5.32 Å². The van der Waals surface area contributed by atoms with Crippen LogP contribution in [0.5, 0.6) is 0 Å². The average molecular weight is 332 g/mol. The van der Waals surface area contributed by atoms with Gasteiger partial charge in [0.15, 0.2) is 0 Å². The molecule has 1 amide bonds. The van der Waals surface area contributed by atoms with Crippen LogP contribution in [0.2, 0.25) is 0 Å². The molecule has 0 unspecified atom stereocenters. The number of halogens is 1. The first kappa shape index (κ1) is 16.0. The number of hydrogen-bond donors (Lipinski definition) is 1. The first-order valence-electron chi connectivity index (χ1n) is 9.11. The van der Waals surface area contributed by atoms with Crippen LogP contribution in [0.4, 0.5) is 4.39 Å². The number of carbonyl (C=O) groups excluding carboxylic acids is 1. The van der Waals surface area contributed by atoms with Crippen LogP contribution in [0.3, 0.4) is 0 Å². The highest BCUT2D eigenvalue weighted by Crippen LogP contribution is 2.33. The fourth-order valence-electron chi connectivity index (χ4n) is 3.93. The van der Waals surface area contributed by atoms with Gasteiger partial charge in [-0.05, 0) is 44.1 Å². The highest BCUT2D eigenvalue weighted by atomic mass is 19.1. The first-order valence-corrected chi connectivity index (χ1v) is 9.11. The van der Waals surface area contributed by atoms with Crippen LogP contribution in [0.1, 0.15) is 37.7 Å². The maximum Gasteiger partial charge on any atom is 0.249 e. The topological polar surface area (TPSA) is 41.6 Å². The number of likely N-dealkylation sites (tertiary alicyclic amines) is 1. The van der Waals surface area contributed by atoms with E-state index in [0.29, 0.717) is 18.5 Å². The number of nitrogens with one attached hydrogen (secondary N) is 1. The van der Waals surface area contributed by atoms with E-state index >= 15 is 0 Å². The summed E-state index contributed by atoms with van der Waals surface area (Å²) in [6.07, 6.45) is 4.89. The van der Waals surface area contributed by atoms with Crippen molar-refractivity contribution in [3.8, 4) is 0 Å². The van der Waals surface area contributed by atoms with E-state index in [4.69, 9.17) is 4.74 Å². The molecule has 130 valence electrons. The van der Waals surface area contributed by atoms with Crippen LogP contribution in [0.25, 0.3) is 0 Å². The smallest absolute Gasteiger partial charge is 0.249 e. The summed E-state index contributed by atoms with van der Waals surface area (Å²) >= 11 is 0. The third kappa shape index (κ3) is 3.47. The second kappa shape index (κ2) is 6.81. The number of ether oxygens (including phenoxy) is 1. The molecule has 1 aromatic rings. The molecule has 1 N–H and O–H groups in total. The Bertz CT molecular complexity index is 605. The molecule has 1 aromatic carbocycles. The molecule has 0 aromatic heterocycles. The lowest BCUT2D eigenvalue weighted by Gasteiger charge is -2.35. The SMILES string of the molecule is O=C(NCC1CC1)[C@@H]1CC[C@@H]2[C@@H](CCN2Cc2ccccc2F)O1. The van der Waals surface area contributed by atoms with Crippen LogP contribution >= 0.6 is 0 Å². The van der Waals surface area contributed by atoms with E-state index in [-0.39, 0.29) is 23.9 Å². The van der Waals surface area contributed by atoms with E-state index < -0.39 is 0 Å². The summed E-state index contributed by atoms with van der Waals surface area (Å²) in [5.74, 6) is 0.593. The Morgan fingerprint density at radius 1 is 1.21 bits per heavy atom. The molecule has 4 rings (SSSR count). The van der Waals surface area contributed by atoms with Crippen molar-refractivity contribution in [2.24, 2.45) is 5.92 Å². The Hall–Kier alpha value is -1.46. The van der Waals surface area contributed by atoms with Crippen LogP contribution in [-0.4, -0.2) is 42.1 Å². The van der Waals surface area contributed by atoms with Gasteiger partial charge in [0.2, 0.25) is 5.91 Å². The molecular weight excluding hydrogens is 307 g/mol. The summed E-state index contributed by atoms with van der Waals surface area (Å²) in [5, 5.41) is 3.03. The number of carbonyl (C=O) groups is 1. The maximum absolute atomic E-state index is 13.9. The minimum Gasteiger partial charge on any atom is -0.363 e. The molecule has 0 spiro atoms. The van der Waals surface area contributed by atoms with E-state index in [1.807, 2.05) is 12.1 Å². The maximum atomic E-state index is 13.9. The lowest BCUT2D eigenvalue weighted by atomic mass is 9.98.